The van der Waals surface area contributed by atoms with Crippen molar-refractivity contribution in [3.8, 4) is 0 Å². The third-order valence-electron chi connectivity index (χ3n) is 3.57. The number of ether oxygens (including phenoxy) is 1. The number of rotatable bonds is 3. The highest BCUT2D eigenvalue weighted by Gasteiger charge is 2.22. The van der Waals surface area contributed by atoms with E-state index in [4.69, 9.17) is 4.74 Å². The number of amides is 3. The fraction of sp³-hybridized carbons (Fsp3) is 0.389. The van der Waals surface area contributed by atoms with Gasteiger partial charge in [0.05, 0.1) is 5.56 Å². The fourth-order valence-electron chi connectivity index (χ4n) is 2.37. The highest BCUT2D eigenvalue weighted by molar-refractivity contribution is 6.07. The van der Waals surface area contributed by atoms with E-state index in [2.05, 4.69) is 16.2 Å². The smallest absolute Gasteiger partial charge is 0.408 e. The molecule has 1 aromatic heterocycles. The summed E-state index contributed by atoms with van der Waals surface area (Å²) in [4.78, 5) is 36.1. The number of hydrazine groups is 1. The maximum Gasteiger partial charge on any atom is 0.408 e. The first kappa shape index (κ1) is 19.3. The van der Waals surface area contributed by atoms with Crippen LogP contribution in [-0.4, -0.2) is 34.1 Å². The minimum absolute atomic E-state index is 0.441. The van der Waals surface area contributed by atoms with Crippen molar-refractivity contribution in [2.75, 3.05) is 0 Å². The highest BCUT2D eigenvalue weighted by atomic mass is 16.6. The van der Waals surface area contributed by atoms with E-state index in [1.54, 1.807) is 27.0 Å². The summed E-state index contributed by atoms with van der Waals surface area (Å²) in [7, 11) is 1.84. The number of aromatic nitrogens is 1. The first-order valence-corrected chi connectivity index (χ1v) is 8.22. The summed E-state index contributed by atoms with van der Waals surface area (Å²) in [6, 6.07) is 6.58. The molecule has 1 aromatic carbocycles. The molecule has 0 aliphatic rings. The van der Waals surface area contributed by atoms with Crippen LogP contribution in [0.1, 0.15) is 38.1 Å². The Hall–Kier alpha value is -3.03. The molecule has 1 atom stereocenters. The largest absolute Gasteiger partial charge is 0.444 e. The van der Waals surface area contributed by atoms with Gasteiger partial charge in [0, 0.05) is 24.1 Å². The summed E-state index contributed by atoms with van der Waals surface area (Å²) >= 11 is 0. The Morgan fingerprint density at radius 2 is 1.77 bits per heavy atom. The van der Waals surface area contributed by atoms with Crippen molar-refractivity contribution in [3.63, 3.8) is 0 Å². The number of benzene rings is 1. The molecule has 8 nitrogen and oxygen atoms in total. The standard InChI is InChI=1S/C18H24N4O4/c1-11(19-17(25)26-18(2,3)4)15(23)20-21-16(24)13-10-22(5)14-9-7-6-8-12(13)14/h6-11H,1-5H3,(H,19,25)(H,20,23)(H,21,24)/t11-/m1/s1. The molecular weight excluding hydrogens is 336 g/mol. The van der Waals surface area contributed by atoms with E-state index in [-0.39, 0.29) is 0 Å². The molecule has 8 heteroatoms. The average molecular weight is 360 g/mol. The number of nitrogens with one attached hydrogen (secondary N) is 3. The fourth-order valence-corrected chi connectivity index (χ4v) is 2.37. The molecule has 0 aliphatic heterocycles. The zero-order valence-corrected chi connectivity index (χ0v) is 15.5. The van der Waals surface area contributed by atoms with Crippen LogP contribution in [0.2, 0.25) is 0 Å². The molecule has 0 aliphatic carbocycles. The zero-order chi connectivity index (χ0) is 19.5. The van der Waals surface area contributed by atoms with Gasteiger partial charge in [-0.2, -0.15) is 0 Å². The van der Waals surface area contributed by atoms with Gasteiger partial charge >= 0.3 is 6.09 Å². The van der Waals surface area contributed by atoms with Crippen LogP contribution < -0.4 is 16.2 Å². The summed E-state index contributed by atoms with van der Waals surface area (Å²) in [6.45, 7) is 6.66. The second kappa shape index (κ2) is 7.47. The normalized spacial score (nSPS) is 12.3. The zero-order valence-electron chi connectivity index (χ0n) is 15.5. The first-order chi connectivity index (χ1) is 12.1. The van der Waals surface area contributed by atoms with Crippen molar-refractivity contribution in [1.29, 1.82) is 0 Å². The molecule has 0 saturated heterocycles. The number of para-hydroxylation sites is 1. The van der Waals surface area contributed by atoms with Gasteiger partial charge in [-0.3, -0.25) is 20.4 Å². The van der Waals surface area contributed by atoms with Crippen LogP contribution in [0.15, 0.2) is 30.5 Å². The Morgan fingerprint density at radius 3 is 2.42 bits per heavy atom. The number of hydrogen-bond donors (Lipinski definition) is 3. The molecule has 3 N–H and O–H groups in total. The minimum Gasteiger partial charge on any atom is -0.444 e. The van der Waals surface area contributed by atoms with Crippen molar-refractivity contribution in [2.45, 2.75) is 39.3 Å². The highest BCUT2D eigenvalue weighted by Crippen LogP contribution is 2.19. The Kier molecular flexibility index (Phi) is 5.54. The Bertz CT molecular complexity index is 835. The maximum absolute atomic E-state index is 12.4. The lowest BCUT2D eigenvalue weighted by Gasteiger charge is -2.21. The van der Waals surface area contributed by atoms with Crippen molar-refractivity contribution in [3.05, 3.63) is 36.0 Å². The number of alkyl carbamates (subject to hydrolysis) is 1. The Labute approximate surface area is 151 Å². The lowest BCUT2D eigenvalue weighted by Crippen LogP contribution is -2.51. The molecule has 0 fully saturated rings. The van der Waals surface area contributed by atoms with Crippen molar-refractivity contribution < 1.29 is 19.1 Å². The topological polar surface area (TPSA) is 101 Å². The number of fused-ring (bicyclic) bond motifs is 1. The van der Waals surface area contributed by atoms with Crippen LogP contribution in [0.25, 0.3) is 10.9 Å². The van der Waals surface area contributed by atoms with E-state index in [0.29, 0.717) is 5.56 Å². The molecule has 0 unspecified atom stereocenters. The van der Waals surface area contributed by atoms with E-state index in [1.807, 2.05) is 35.9 Å². The van der Waals surface area contributed by atoms with Crippen LogP contribution in [0.4, 0.5) is 4.79 Å². The summed E-state index contributed by atoms with van der Waals surface area (Å²) in [5.74, 6) is -1.01. The molecule has 2 aromatic rings. The molecule has 1 heterocycles. The van der Waals surface area contributed by atoms with Gasteiger partial charge in [-0.25, -0.2) is 4.79 Å². The van der Waals surface area contributed by atoms with Crippen LogP contribution >= 0.6 is 0 Å². The van der Waals surface area contributed by atoms with Crippen molar-refractivity contribution in [2.24, 2.45) is 7.05 Å². The monoisotopic (exact) mass is 360 g/mol. The number of hydrogen-bond acceptors (Lipinski definition) is 4. The lowest BCUT2D eigenvalue weighted by atomic mass is 10.2. The van der Waals surface area contributed by atoms with Crippen molar-refractivity contribution >= 4 is 28.8 Å². The van der Waals surface area contributed by atoms with Gasteiger partial charge in [-0.05, 0) is 33.8 Å². The first-order valence-electron chi connectivity index (χ1n) is 8.22. The molecule has 2 rings (SSSR count). The van der Waals surface area contributed by atoms with E-state index >= 15 is 0 Å². The lowest BCUT2D eigenvalue weighted by molar-refractivity contribution is -0.123. The minimum atomic E-state index is -0.877. The number of aryl methyl sites for hydroxylation is 1. The number of nitrogens with zero attached hydrogens (tertiary/aromatic N) is 1. The third kappa shape index (κ3) is 4.75. The van der Waals surface area contributed by atoms with Crippen LogP contribution in [0.3, 0.4) is 0 Å². The van der Waals surface area contributed by atoms with E-state index < -0.39 is 29.6 Å². The quantitative estimate of drug-likeness (QED) is 0.727. The van der Waals surface area contributed by atoms with E-state index in [9.17, 15) is 14.4 Å². The Balaban J connectivity index is 1.94. The molecule has 0 saturated carbocycles. The SMILES string of the molecule is C[C@@H](NC(=O)OC(C)(C)C)C(=O)NNC(=O)c1cn(C)c2ccccc12. The maximum atomic E-state index is 12.4. The molecule has 0 spiro atoms. The second-order valence-corrected chi connectivity index (χ2v) is 6.98. The van der Waals surface area contributed by atoms with Crippen molar-refractivity contribution in [1.82, 2.24) is 20.7 Å². The molecule has 26 heavy (non-hydrogen) atoms. The van der Waals surface area contributed by atoms with Gasteiger partial charge in [-0.15, -0.1) is 0 Å². The number of carbonyl (C=O) groups excluding carboxylic acids is 3. The summed E-state index contributed by atoms with van der Waals surface area (Å²) < 4.78 is 6.92. The molecular formula is C18H24N4O4. The van der Waals surface area contributed by atoms with E-state index in [1.165, 1.54) is 6.92 Å². The molecule has 140 valence electrons. The van der Waals surface area contributed by atoms with Crippen LogP contribution in [0.5, 0.6) is 0 Å². The van der Waals surface area contributed by atoms with Gasteiger partial charge in [0.15, 0.2) is 0 Å². The van der Waals surface area contributed by atoms with E-state index in [0.717, 1.165) is 10.9 Å². The molecule has 3 amide bonds. The van der Waals surface area contributed by atoms with Gasteiger partial charge in [0.1, 0.15) is 11.6 Å². The molecule has 0 radical (unpaired) electrons. The van der Waals surface area contributed by atoms with Gasteiger partial charge in [-0.1, -0.05) is 18.2 Å². The molecule has 0 bridgehead atoms. The predicted molar refractivity (Wildman–Crippen MR) is 97.4 cm³/mol. The summed E-state index contributed by atoms with van der Waals surface area (Å²) in [5, 5.41) is 3.18. The third-order valence-corrected chi connectivity index (χ3v) is 3.57. The summed E-state index contributed by atoms with van der Waals surface area (Å²) in [5.41, 5.74) is 5.35. The van der Waals surface area contributed by atoms with Gasteiger partial charge in [0.25, 0.3) is 11.8 Å². The second-order valence-electron chi connectivity index (χ2n) is 6.98. The average Bonchev–Trinajstić information content (AvgIpc) is 2.88. The summed E-state index contributed by atoms with van der Waals surface area (Å²) in [6.07, 6.45) is 0.981. The van der Waals surface area contributed by atoms with Crippen LogP contribution in [0, 0.1) is 0 Å². The van der Waals surface area contributed by atoms with Gasteiger partial charge < -0.3 is 14.6 Å². The number of carbonyl (C=O) groups is 3. The van der Waals surface area contributed by atoms with Gasteiger partial charge in [0.2, 0.25) is 0 Å². The Morgan fingerprint density at radius 1 is 1.12 bits per heavy atom. The predicted octanol–water partition coefficient (Wildman–Crippen LogP) is 1.85. The van der Waals surface area contributed by atoms with Crippen LogP contribution in [-0.2, 0) is 16.6 Å².